The predicted octanol–water partition coefficient (Wildman–Crippen LogP) is -3.29. The van der Waals surface area contributed by atoms with E-state index in [1.165, 1.54) is 0 Å². The third-order valence-corrected chi connectivity index (χ3v) is 0.129. The van der Waals surface area contributed by atoms with Crippen LogP contribution in [0.5, 0.6) is 0 Å². The summed E-state index contributed by atoms with van der Waals surface area (Å²) in [5, 5.41) is 7.75. The molecule has 0 bridgehead atoms. The van der Waals surface area contributed by atoms with E-state index in [0.29, 0.717) is 6.54 Å². The molecule has 9 heavy (non-hydrogen) atoms. The molecule has 0 aliphatic carbocycles. The van der Waals surface area contributed by atoms with E-state index in [2.05, 4.69) is 0 Å². The van der Waals surface area contributed by atoms with Gasteiger partial charge in [-0.2, -0.15) is 0 Å². The second-order valence-corrected chi connectivity index (χ2v) is 2.99. The Kier molecular flexibility index (Phi) is 8.92. The fourth-order valence-electron chi connectivity index (χ4n) is 0. The van der Waals surface area contributed by atoms with Gasteiger partial charge in [0, 0.05) is 6.54 Å². The van der Waals surface area contributed by atoms with E-state index in [1.807, 2.05) is 0 Å². The Morgan fingerprint density at radius 2 is 1.22 bits per heavy atom. The molecular formula is C2H11NO5Ti. The molecule has 0 fully saturated rings. The third-order valence-electron chi connectivity index (χ3n) is 0.129. The first kappa shape index (κ1) is 12.2. The first-order chi connectivity index (χ1) is 3.91. The molecule has 0 aromatic carbocycles. The minimum absolute atomic E-state index is 0.0972. The minimum atomic E-state index is -5.00. The molecular weight excluding hydrogens is 166 g/mol. The van der Waals surface area contributed by atoms with E-state index in [0.717, 1.165) is 0 Å². The monoisotopic (exact) mass is 177 g/mol. The Morgan fingerprint density at radius 1 is 1.11 bits per heavy atom. The molecule has 0 atom stereocenters. The van der Waals surface area contributed by atoms with E-state index in [1.54, 1.807) is 0 Å². The maximum absolute atomic E-state index is 7.75. The maximum atomic E-state index is 7.75. The van der Waals surface area contributed by atoms with Crippen molar-refractivity contribution in [3.8, 4) is 0 Å². The van der Waals surface area contributed by atoms with Crippen molar-refractivity contribution in [1.29, 1.82) is 0 Å². The van der Waals surface area contributed by atoms with Crippen LogP contribution in [0.15, 0.2) is 0 Å². The second kappa shape index (κ2) is 6.59. The molecule has 0 spiro atoms. The van der Waals surface area contributed by atoms with Crippen LogP contribution in [-0.2, 0) is 18.1 Å². The molecule has 0 amide bonds. The Hall–Kier alpha value is 0.474. The van der Waals surface area contributed by atoms with Gasteiger partial charge in [-0.1, -0.05) is 0 Å². The van der Waals surface area contributed by atoms with E-state index in [4.69, 9.17) is 25.6 Å². The molecule has 0 radical (unpaired) electrons. The van der Waals surface area contributed by atoms with Crippen LogP contribution < -0.4 is 5.73 Å². The zero-order valence-corrected chi connectivity index (χ0v) is 6.29. The van der Waals surface area contributed by atoms with Gasteiger partial charge >= 0.3 is 32.9 Å². The van der Waals surface area contributed by atoms with Gasteiger partial charge in [-0.25, -0.2) is 0 Å². The Bertz CT molecular complexity index is 45.4. The molecule has 6 nitrogen and oxygen atoms in total. The van der Waals surface area contributed by atoms with E-state index in [-0.39, 0.29) is 6.61 Å². The van der Waals surface area contributed by atoms with Crippen molar-refractivity contribution in [3.05, 3.63) is 0 Å². The molecule has 0 aromatic heterocycles. The quantitative estimate of drug-likeness (QED) is 0.233. The molecule has 0 saturated heterocycles. The van der Waals surface area contributed by atoms with Crippen LogP contribution in [0.4, 0.5) is 0 Å². The summed E-state index contributed by atoms with van der Waals surface area (Å²) in [6, 6.07) is 0. The number of rotatable bonds is 1. The molecule has 0 saturated carbocycles. The molecule has 0 rings (SSSR count). The molecule has 0 heterocycles. The van der Waals surface area contributed by atoms with Crippen LogP contribution in [0.25, 0.3) is 0 Å². The summed E-state index contributed by atoms with van der Waals surface area (Å²) in [6.45, 7) is 0.472. The molecule has 0 aliphatic heterocycles. The summed E-state index contributed by atoms with van der Waals surface area (Å²) >= 11 is -5.00. The van der Waals surface area contributed by atoms with Gasteiger partial charge in [0.05, 0.1) is 6.61 Å². The van der Waals surface area contributed by atoms with Crippen LogP contribution in [0, 0.1) is 0 Å². The van der Waals surface area contributed by atoms with Crippen LogP contribution in [0.3, 0.4) is 0 Å². The number of hydrogen-bond donors (Lipinski definition) is 6. The van der Waals surface area contributed by atoms with Crippen molar-refractivity contribution in [2.45, 2.75) is 0 Å². The summed E-state index contributed by atoms with van der Waals surface area (Å²) in [5.41, 5.74) is 4.78. The summed E-state index contributed by atoms with van der Waals surface area (Å²) in [4.78, 5) is 0. The zero-order valence-electron chi connectivity index (χ0n) is 4.73. The van der Waals surface area contributed by atoms with Crippen LogP contribution in [-0.4, -0.2) is 33.0 Å². The van der Waals surface area contributed by atoms with E-state index < -0.39 is 18.1 Å². The first-order valence-corrected chi connectivity index (χ1v) is 4.91. The normalized spacial score (nSPS) is 10.0. The standard InChI is InChI=1S/C2H7NO.4H2O.Ti/c3-1-2-4;;;;;/h4H,1-3H2;4*1H2;/q;;;;;+4/p-4. The Morgan fingerprint density at radius 3 is 1.22 bits per heavy atom. The number of aliphatic hydroxyl groups excluding tert-OH is 1. The van der Waals surface area contributed by atoms with Crippen LogP contribution >= 0.6 is 0 Å². The average Bonchev–Trinajstić information content (AvgIpc) is 1.61. The van der Waals surface area contributed by atoms with Gasteiger partial charge in [0.15, 0.2) is 0 Å². The number of aliphatic hydroxyl groups is 1. The number of hydrogen-bond acceptors (Lipinski definition) is 6. The van der Waals surface area contributed by atoms with Gasteiger partial charge in [-0.05, 0) is 0 Å². The van der Waals surface area contributed by atoms with Gasteiger partial charge in [0.2, 0.25) is 0 Å². The molecule has 0 unspecified atom stereocenters. The average molecular weight is 177 g/mol. The van der Waals surface area contributed by atoms with Gasteiger partial charge in [0.1, 0.15) is 0 Å². The van der Waals surface area contributed by atoms with Crippen LogP contribution in [0.2, 0.25) is 0 Å². The Balaban J connectivity index is 0. The molecule has 0 aromatic rings. The van der Waals surface area contributed by atoms with Gasteiger partial charge in [-0.3, -0.25) is 0 Å². The van der Waals surface area contributed by atoms with Crippen molar-refractivity contribution in [1.82, 2.24) is 0 Å². The summed E-state index contributed by atoms with van der Waals surface area (Å²) in [7, 11) is 0. The Labute approximate surface area is 57.4 Å². The predicted molar refractivity (Wildman–Crippen MR) is 25.0 cm³/mol. The summed E-state index contributed by atoms with van der Waals surface area (Å²) in [5.74, 6) is 0. The van der Waals surface area contributed by atoms with Crippen molar-refractivity contribution in [3.63, 3.8) is 0 Å². The molecule has 7 heteroatoms. The first-order valence-electron chi connectivity index (χ1n) is 2.12. The third kappa shape index (κ3) is 163. The van der Waals surface area contributed by atoms with Gasteiger partial charge in [0.25, 0.3) is 0 Å². The fraction of sp³-hybridized carbons (Fsp3) is 1.00. The number of nitrogens with two attached hydrogens (primary N) is 1. The SMILES string of the molecule is NCCO.[OH][Ti]([OH])([OH])[OH]. The van der Waals surface area contributed by atoms with Crippen molar-refractivity contribution in [2.24, 2.45) is 5.73 Å². The van der Waals surface area contributed by atoms with Crippen LogP contribution in [0.1, 0.15) is 0 Å². The summed E-state index contributed by atoms with van der Waals surface area (Å²) < 4.78 is 29.5. The molecule has 7 N–H and O–H groups in total. The van der Waals surface area contributed by atoms with Crippen molar-refractivity contribution >= 4 is 0 Å². The molecule has 0 aliphatic rings. The summed E-state index contributed by atoms with van der Waals surface area (Å²) in [6.07, 6.45) is 0. The topological polar surface area (TPSA) is 127 Å². The van der Waals surface area contributed by atoms with Gasteiger partial charge in [-0.15, -0.1) is 0 Å². The van der Waals surface area contributed by atoms with E-state index in [9.17, 15) is 0 Å². The zero-order chi connectivity index (χ0) is 7.91. The van der Waals surface area contributed by atoms with Crippen molar-refractivity contribution < 1.29 is 38.0 Å². The fourth-order valence-corrected chi connectivity index (χ4v) is 0. The van der Waals surface area contributed by atoms with Gasteiger partial charge < -0.3 is 10.8 Å². The van der Waals surface area contributed by atoms with E-state index >= 15 is 0 Å². The second-order valence-electron chi connectivity index (χ2n) is 1.11. The van der Waals surface area contributed by atoms with Crippen molar-refractivity contribution in [2.75, 3.05) is 13.2 Å². The molecule has 58 valence electrons.